The fourth-order valence-electron chi connectivity index (χ4n) is 2.32. The Labute approximate surface area is 158 Å². The maximum atomic E-state index is 10.9. The summed E-state index contributed by atoms with van der Waals surface area (Å²) in [6.45, 7) is 0. The van der Waals surface area contributed by atoms with Gasteiger partial charge in [-0.2, -0.15) is 0 Å². The van der Waals surface area contributed by atoms with Crippen LogP contribution in [0.25, 0.3) is 11.3 Å². The summed E-state index contributed by atoms with van der Waals surface area (Å²) >= 11 is 7.48. The van der Waals surface area contributed by atoms with Gasteiger partial charge in [-0.1, -0.05) is 23.7 Å². The number of nitrogens with one attached hydrogen (secondary N) is 1. The standard InChI is InChI=1S/C17H14ClN3O4S/c1-24-15-8-13(16(25-2)7-12(15)18)19-17-20-14(9-26-17)10-4-3-5-11(6-10)21(22)23/h3-9H,1-2H3,(H,19,20). The Kier molecular flexibility index (Phi) is 5.24. The highest BCUT2D eigenvalue weighted by atomic mass is 35.5. The van der Waals surface area contributed by atoms with E-state index in [9.17, 15) is 10.1 Å². The highest BCUT2D eigenvalue weighted by Gasteiger charge is 2.13. The number of thiazole rings is 1. The van der Waals surface area contributed by atoms with Gasteiger partial charge in [-0.05, 0) is 0 Å². The fourth-order valence-corrected chi connectivity index (χ4v) is 3.28. The summed E-state index contributed by atoms with van der Waals surface area (Å²) in [6.07, 6.45) is 0. The van der Waals surface area contributed by atoms with Crippen molar-refractivity contribution in [2.75, 3.05) is 19.5 Å². The molecule has 3 rings (SSSR count). The lowest BCUT2D eigenvalue weighted by atomic mass is 10.1. The highest BCUT2D eigenvalue weighted by Crippen LogP contribution is 2.38. The zero-order valence-electron chi connectivity index (χ0n) is 13.9. The van der Waals surface area contributed by atoms with Gasteiger partial charge in [-0.15, -0.1) is 11.3 Å². The number of rotatable bonds is 6. The molecule has 1 aromatic heterocycles. The largest absolute Gasteiger partial charge is 0.495 e. The van der Waals surface area contributed by atoms with Crippen molar-refractivity contribution in [3.05, 3.63) is 56.9 Å². The van der Waals surface area contributed by atoms with Crippen molar-refractivity contribution in [2.45, 2.75) is 0 Å². The molecule has 0 aliphatic carbocycles. The number of nitro benzene ring substituents is 1. The number of nitrogens with zero attached hydrogens (tertiary/aromatic N) is 2. The summed E-state index contributed by atoms with van der Waals surface area (Å²) in [7, 11) is 3.07. The maximum Gasteiger partial charge on any atom is 0.270 e. The van der Waals surface area contributed by atoms with Crippen LogP contribution in [-0.4, -0.2) is 24.1 Å². The Morgan fingerprint density at radius 1 is 1.19 bits per heavy atom. The highest BCUT2D eigenvalue weighted by molar-refractivity contribution is 7.14. The molecule has 1 heterocycles. The third-order valence-electron chi connectivity index (χ3n) is 3.57. The van der Waals surface area contributed by atoms with Crippen LogP contribution in [0.15, 0.2) is 41.8 Å². The predicted molar refractivity (Wildman–Crippen MR) is 102 cm³/mol. The van der Waals surface area contributed by atoms with E-state index in [0.29, 0.717) is 38.6 Å². The second-order valence-corrected chi connectivity index (χ2v) is 6.42. The van der Waals surface area contributed by atoms with E-state index < -0.39 is 4.92 Å². The number of hydrogen-bond acceptors (Lipinski definition) is 7. The summed E-state index contributed by atoms with van der Waals surface area (Å²) in [5.41, 5.74) is 1.98. The first kappa shape index (κ1) is 18.0. The number of hydrogen-bond donors (Lipinski definition) is 1. The number of halogens is 1. The first-order valence-corrected chi connectivity index (χ1v) is 8.66. The zero-order valence-corrected chi connectivity index (χ0v) is 15.4. The van der Waals surface area contributed by atoms with Crippen molar-refractivity contribution in [1.29, 1.82) is 0 Å². The molecule has 1 N–H and O–H groups in total. The normalized spacial score (nSPS) is 10.4. The molecule has 0 saturated carbocycles. The fraction of sp³-hybridized carbons (Fsp3) is 0.118. The van der Waals surface area contributed by atoms with Gasteiger partial charge in [0.2, 0.25) is 0 Å². The molecule has 0 bridgehead atoms. The van der Waals surface area contributed by atoms with Gasteiger partial charge in [-0.3, -0.25) is 10.1 Å². The molecule has 0 amide bonds. The monoisotopic (exact) mass is 391 g/mol. The Morgan fingerprint density at radius 3 is 2.65 bits per heavy atom. The first-order valence-electron chi connectivity index (χ1n) is 7.40. The molecular weight excluding hydrogens is 378 g/mol. The second-order valence-electron chi connectivity index (χ2n) is 5.16. The number of non-ortho nitro benzene ring substituents is 1. The average molecular weight is 392 g/mol. The number of nitro groups is 1. The molecule has 0 atom stereocenters. The van der Waals surface area contributed by atoms with Gasteiger partial charge >= 0.3 is 0 Å². The van der Waals surface area contributed by atoms with Crippen LogP contribution in [-0.2, 0) is 0 Å². The van der Waals surface area contributed by atoms with Crippen molar-refractivity contribution in [2.24, 2.45) is 0 Å². The molecule has 0 saturated heterocycles. The van der Waals surface area contributed by atoms with Crippen molar-refractivity contribution >= 4 is 39.4 Å². The summed E-state index contributed by atoms with van der Waals surface area (Å²) < 4.78 is 10.6. The lowest BCUT2D eigenvalue weighted by molar-refractivity contribution is -0.384. The van der Waals surface area contributed by atoms with Crippen LogP contribution < -0.4 is 14.8 Å². The molecule has 2 aromatic carbocycles. The third-order valence-corrected chi connectivity index (χ3v) is 4.63. The molecule has 0 aliphatic rings. The number of methoxy groups -OCH3 is 2. The number of aromatic nitrogens is 1. The summed E-state index contributed by atoms with van der Waals surface area (Å²) in [4.78, 5) is 15.0. The van der Waals surface area contributed by atoms with Gasteiger partial charge in [0, 0.05) is 35.2 Å². The maximum absolute atomic E-state index is 10.9. The minimum atomic E-state index is -0.431. The quantitative estimate of drug-likeness (QED) is 0.463. The first-order chi connectivity index (χ1) is 12.5. The molecular formula is C17H14ClN3O4S. The molecule has 134 valence electrons. The predicted octanol–water partition coefficient (Wildman–Crippen LogP) is 5.13. The van der Waals surface area contributed by atoms with E-state index in [-0.39, 0.29) is 5.69 Å². The van der Waals surface area contributed by atoms with Crippen molar-refractivity contribution in [3.8, 4) is 22.8 Å². The summed E-state index contributed by atoms with van der Waals surface area (Å²) in [6, 6.07) is 9.71. The van der Waals surface area contributed by atoms with Crippen molar-refractivity contribution in [1.82, 2.24) is 4.98 Å². The molecule has 0 radical (unpaired) electrons. The Bertz CT molecular complexity index is 961. The molecule has 7 nitrogen and oxygen atoms in total. The van der Waals surface area contributed by atoms with Gasteiger partial charge in [0.1, 0.15) is 11.5 Å². The van der Waals surface area contributed by atoms with Gasteiger partial charge < -0.3 is 14.8 Å². The van der Waals surface area contributed by atoms with E-state index in [0.717, 1.165) is 0 Å². The lowest BCUT2D eigenvalue weighted by Crippen LogP contribution is -1.96. The minimum absolute atomic E-state index is 0.0223. The minimum Gasteiger partial charge on any atom is -0.495 e. The molecule has 9 heteroatoms. The smallest absolute Gasteiger partial charge is 0.270 e. The van der Waals surface area contributed by atoms with Crippen LogP contribution in [0.1, 0.15) is 0 Å². The van der Waals surface area contributed by atoms with Gasteiger partial charge in [0.25, 0.3) is 5.69 Å². The van der Waals surface area contributed by atoms with E-state index >= 15 is 0 Å². The van der Waals surface area contributed by atoms with E-state index in [4.69, 9.17) is 21.1 Å². The van der Waals surface area contributed by atoms with Crippen LogP contribution in [0.5, 0.6) is 11.5 Å². The van der Waals surface area contributed by atoms with E-state index in [1.54, 1.807) is 31.4 Å². The molecule has 0 fully saturated rings. The topological polar surface area (TPSA) is 86.5 Å². The van der Waals surface area contributed by atoms with Crippen molar-refractivity contribution in [3.63, 3.8) is 0 Å². The number of benzene rings is 2. The molecule has 0 aliphatic heterocycles. The van der Waals surface area contributed by atoms with Gasteiger partial charge in [-0.25, -0.2) is 4.98 Å². The summed E-state index contributed by atoms with van der Waals surface area (Å²) in [5.74, 6) is 1.05. The molecule has 0 spiro atoms. The van der Waals surface area contributed by atoms with Crippen LogP contribution in [0, 0.1) is 10.1 Å². The third kappa shape index (κ3) is 3.71. The van der Waals surface area contributed by atoms with Gasteiger partial charge in [0.15, 0.2) is 5.13 Å². The SMILES string of the molecule is COc1cc(Nc2nc(-c3cccc([N+](=O)[O-])c3)cs2)c(OC)cc1Cl. The van der Waals surface area contributed by atoms with Crippen LogP contribution in [0.2, 0.25) is 5.02 Å². The van der Waals surface area contributed by atoms with Crippen LogP contribution in [0.4, 0.5) is 16.5 Å². The Hall–Kier alpha value is -2.84. The van der Waals surface area contributed by atoms with E-state index in [1.165, 1.54) is 30.6 Å². The van der Waals surface area contributed by atoms with E-state index in [2.05, 4.69) is 10.3 Å². The number of ether oxygens (including phenoxy) is 2. The lowest BCUT2D eigenvalue weighted by Gasteiger charge is -2.12. The average Bonchev–Trinajstić information content (AvgIpc) is 3.11. The second kappa shape index (κ2) is 7.59. The zero-order chi connectivity index (χ0) is 18.7. The Morgan fingerprint density at radius 2 is 1.96 bits per heavy atom. The van der Waals surface area contributed by atoms with E-state index in [1.807, 2.05) is 5.38 Å². The summed E-state index contributed by atoms with van der Waals surface area (Å²) in [5, 5.41) is 17.0. The molecule has 0 unspecified atom stereocenters. The number of anilines is 2. The van der Waals surface area contributed by atoms with Crippen LogP contribution >= 0.6 is 22.9 Å². The molecule has 26 heavy (non-hydrogen) atoms. The van der Waals surface area contributed by atoms with Crippen LogP contribution in [0.3, 0.4) is 0 Å². The van der Waals surface area contributed by atoms with Crippen molar-refractivity contribution < 1.29 is 14.4 Å². The van der Waals surface area contributed by atoms with Gasteiger partial charge in [0.05, 0.1) is 35.5 Å². The molecule has 3 aromatic rings. The Balaban J connectivity index is 1.90.